The second kappa shape index (κ2) is 9.20. The standard InChI is InChI=1S/C24H18N4OS3/c1-15(21(29)28-24-27-19(13-31-24)17-10-6-3-7-11-17)32-23-20-18(16-8-4-2-5-9-16)12-30-22(20)25-14-26-23/h2-15H,1H3,(H,27,28,29). The summed E-state index contributed by atoms with van der Waals surface area (Å²) in [5.74, 6) is -0.104. The van der Waals surface area contributed by atoms with E-state index in [1.807, 2.05) is 60.8 Å². The highest BCUT2D eigenvalue weighted by Crippen LogP contribution is 2.39. The number of thiophene rings is 1. The number of anilines is 1. The van der Waals surface area contributed by atoms with Gasteiger partial charge in [0.15, 0.2) is 5.13 Å². The number of carbonyl (C=O) groups is 1. The van der Waals surface area contributed by atoms with Crippen LogP contribution in [0.25, 0.3) is 32.6 Å². The van der Waals surface area contributed by atoms with Gasteiger partial charge >= 0.3 is 0 Å². The van der Waals surface area contributed by atoms with Crippen LogP contribution in [0.1, 0.15) is 6.92 Å². The van der Waals surface area contributed by atoms with Crippen LogP contribution < -0.4 is 5.32 Å². The summed E-state index contributed by atoms with van der Waals surface area (Å²) in [6, 6.07) is 20.1. The number of hydrogen-bond donors (Lipinski definition) is 1. The van der Waals surface area contributed by atoms with Gasteiger partial charge in [-0.3, -0.25) is 4.79 Å². The maximum Gasteiger partial charge on any atom is 0.239 e. The number of thioether (sulfide) groups is 1. The molecule has 0 aliphatic carbocycles. The minimum atomic E-state index is -0.347. The molecule has 0 aliphatic rings. The highest BCUT2D eigenvalue weighted by molar-refractivity contribution is 8.00. The van der Waals surface area contributed by atoms with Crippen LogP contribution in [0.15, 0.2) is 82.8 Å². The fourth-order valence-electron chi connectivity index (χ4n) is 3.27. The molecule has 32 heavy (non-hydrogen) atoms. The molecule has 1 amide bonds. The van der Waals surface area contributed by atoms with Gasteiger partial charge in [-0.2, -0.15) is 0 Å². The molecular formula is C24H18N4OS3. The Bertz CT molecular complexity index is 1370. The third-order valence-electron chi connectivity index (χ3n) is 4.88. The Morgan fingerprint density at radius 3 is 2.41 bits per heavy atom. The largest absolute Gasteiger partial charge is 0.301 e. The number of carbonyl (C=O) groups excluding carboxylic acids is 1. The molecule has 0 bridgehead atoms. The number of hydrogen-bond acceptors (Lipinski definition) is 7. The van der Waals surface area contributed by atoms with Crippen molar-refractivity contribution in [3.8, 4) is 22.4 Å². The number of aromatic nitrogens is 3. The zero-order valence-electron chi connectivity index (χ0n) is 17.1. The van der Waals surface area contributed by atoms with Crippen molar-refractivity contribution in [2.75, 3.05) is 5.32 Å². The Kier molecular flexibility index (Phi) is 5.98. The molecule has 0 spiro atoms. The summed E-state index contributed by atoms with van der Waals surface area (Å²) in [4.78, 5) is 27.3. The Hall–Kier alpha value is -3.07. The zero-order chi connectivity index (χ0) is 21.9. The third-order valence-corrected chi connectivity index (χ3v) is 7.63. The lowest BCUT2D eigenvalue weighted by atomic mass is 10.1. The molecule has 158 valence electrons. The molecule has 0 saturated heterocycles. The smallest absolute Gasteiger partial charge is 0.239 e. The lowest BCUT2D eigenvalue weighted by molar-refractivity contribution is -0.115. The van der Waals surface area contributed by atoms with E-state index in [-0.39, 0.29) is 11.2 Å². The zero-order valence-corrected chi connectivity index (χ0v) is 19.5. The summed E-state index contributed by atoms with van der Waals surface area (Å²) in [5.41, 5.74) is 4.09. The van der Waals surface area contributed by atoms with Crippen molar-refractivity contribution in [1.82, 2.24) is 15.0 Å². The molecule has 3 aromatic heterocycles. The fourth-order valence-corrected chi connectivity index (χ4v) is 5.90. The molecule has 5 rings (SSSR count). The van der Waals surface area contributed by atoms with Crippen LogP contribution in [-0.2, 0) is 4.79 Å². The summed E-state index contributed by atoms with van der Waals surface area (Å²) in [6.45, 7) is 1.88. The molecule has 8 heteroatoms. The molecular weight excluding hydrogens is 456 g/mol. The van der Waals surface area contributed by atoms with E-state index >= 15 is 0 Å². The molecule has 0 fully saturated rings. The third kappa shape index (κ3) is 4.29. The number of nitrogens with zero attached hydrogens (tertiary/aromatic N) is 3. The number of nitrogens with one attached hydrogen (secondary N) is 1. The van der Waals surface area contributed by atoms with Gasteiger partial charge in [0.05, 0.1) is 16.3 Å². The van der Waals surface area contributed by atoms with E-state index < -0.39 is 0 Å². The van der Waals surface area contributed by atoms with E-state index in [0.717, 1.165) is 37.6 Å². The van der Waals surface area contributed by atoms with Crippen molar-refractivity contribution in [3.05, 3.63) is 77.8 Å². The van der Waals surface area contributed by atoms with Gasteiger partial charge in [-0.1, -0.05) is 72.4 Å². The van der Waals surface area contributed by atoms with Crippen LogP contribution in [0.3, 0.4) is 0 Å². The number of fused-ring (bicyclic) bond motifs is 1. The normalized spacial score (nSPS) is 12.0. The van der Waals surface area contributed by atoms with Crippen molar-refractivity contribution in [2.24, 2.45) is 0 Å². The summed E-state index contributed by atoms with van der Waals surface area (Å²) < 4.78 is 0. The topological polar surface area (TPSA) is 67.8 Å². The number of thiazole rings is 1. The summed E-state index contributed by atoms with van der Waals surface area (Å²) in [7, 11) is 0. The lowest BCUT2D eigenvalue weighted by Gasteiger charge is -2.11. The van der Waals surface area contributed by atoms with Crippen molar-refractivity contribution in [3.63, 3.8) is 0 Å². The molecule has 1 unspecified atom stereocenters. The second-order valence-electron chi connectivity index (χ2n) is 7.03. The number of benzene rings is 2. The van der Waals surface area contributed by atoms with Crippen LogP contribution >= 0.6 is 34.4 Å². The van der Waals surface area contributed by atoms with E-state index in [0.29, 0.717) is 5.13 Å². The van der Waals surface area contributed by atoms with E-state index in [4.69, 9.17) is 0 Å². The second-order valence-corrected chi connectivity index (χ2v) is 10.1. The molecule has 1 N–H and O–H groups in total. The molecule has 0 saturated carbocycles. The lowest BCUT2D eigenvalue weighted by Crippen LogP contribution is -2.22. The molecule has 0 radical (unpaired) electrons. The van der Waals surface area contributed by atoms with E-state index in [9.17, 15) is 4.79 Å². The maximum atomic E-state index is 12.9. The first-order valence-electron chi connectivity index (χ1n) is 9.95. The Morgan fingerprint density at radius 1 is 0.938 bits per heavy atom. The van der Waals surface area contributed by atoms with Crippen molar-refractivity contribution in [1.29, 1.82) is 0 Å². The highest BCUT2D eigenvalue weighted by atomic mass is 32.2. The molecule has 5 nitrogen and oxygen atoms in total. The molecule has 5 aromatic rings. The van der Waals surface area contributed by atoms with Gasteiger partial charge in [-0.25, -0.2) is 15.0 Å². The Balaban J connectivity index is 1.35. The molecule has 3 heterocycles. The van der Waals surface area contributed by atoms with E-state index in [1.54, 1.807) is 17.7 Å². The minimum absolute atomic E-state index is 0.104. The number of rotatable bonds is 6. The predicted octanol–water partition coefficient (Wildman–Crippen LogP) is 6.60. The maximum absolute atomic E-state index is 12.9. The van der Waals surface area contributed by atoms with Crippen LogP contribution in [0.5, 0.6) is 0 Å². The van der Waals surface area contributed by atoms with Gasteiger partial charge in [0.1, 0.15) is 16.2 Å². The summed E-state index contributed by atoms with van der Waals surface area (Å²) in [5, 5.41) is 9.05. The quantitative estimate of drug-likeness (QED) is 0.222. The van der Waals surface area contributed by atoms with Gasteiger partial charge in [0.2, 0.25) is 5.91 Å². The SMILES string of the molecule is CC(Sc1ncnc2scc(-c3ccccc3)c12)C(=O)Nc1nc(-c2ccccc2)cs1. The van der Waals surface area contributed by atoms with Crippen LogP contribution in [0.4, 0.5) is 5.13 Å². The Labute approximate surface area is 197 Å². The molecule has 2 aromatic carbocycles. The first kappa shape index (κ1) is 20.8. The monoisotopic (exact) mass is 474 g/mol. The minimum Gasteiger partial charge on any atom is -0.301 e. The number of amides is 1. The highest BCUT2D eigenvalue weighted by Gasteiger charge is 2.21. The van der Waals surface area contributed by atoms with Gasteiger partial charge in [0, 0.05) is 21.9 Å². The predicted molar refractivity (Wildman–Crippen MR) is 134 cm³/mol. The molecule has 0 aliphatic heterocycles. The van der Waals surface area contributed by atoms with Gasteiger partial charge in [0.25, 0.3) is 0 Å². The van der Waals surface area contributed by atoms with Crippen molar-refractivity contribution in [2.45, 2.75) is 17.2 Å². The average Bonchev–Trinajstić information content (AvgIpc) is 3.48. The van der Waals surface area contributed by atoms with E-state index in [2.05, 4.69) is 37.8 Å². The van der Waals surface area contributed by atoms with Crippen LogP contribution in [0.2, 0.25) is 0 Å². The van der Waals surface area contributed by atoms with Crippen molar-refractivity contribution >= 4 is 55.7 Å². The fraction of sp³-hybridized carbons (Fsp3) is 0.0833. The first-order chi connectivity index (χ1) is 15.7. The summed E-state index contributed by atoms with van der Waals surface area (Å²) >= 11 is 4.45. The van der Waals surface area contributed by atoms with E-state index in [1.165, 1.54) is 23.1 Å². The van der Waals surface area contributed by atoms with Crippen LogP contribution in [0, 0.1) is 0 Å². The van der Waals surface area contributed by atoms with Gasteiger partial charge in [-0.05, 0) is 12.5 Å². The Morgan fingerprint density at radius 2 is 1.66 bits per heavy atom. The first-order valence-corrected chi connectivity index (χ1v) is 12.6. The molecule has 1 atom stereocenters. The summed E-state index contributed by atoms with van der Waals surface area (Å²) in [6.07, 6.45) is 1.56. The van der Waals surface area contributed by atoms with Gasteiger partial charge < -0.3 is 5.32 Å². The van der Waals surface area contributed by atoms with Crippen molar-refractivity contribution < 1.29 is 4.79 Å². The van der Waals surface area contributed by atoms with Gasteiger partial charge in [-0.15, -0.1) is 22.7 Å². The van der Waals surface area contributed by atoms with Crippen LogP contribution in [-0.4, -0.2) is 26.1 Å². The average molecular weight is 475 g/mol.